The fraction of sp³-hybridized carbons (Fsp3) is 0.417. The topological polar surface area (TPSA) is 44.5 Å². The van der Waals surface area contributed by atoms with E-state index in [9.17, 15) is 0 Å². The van der Waals surface area contributed by atoms with Crippen LogP contribution in [0.4, 0.5) is 0 Å². The summed E-state index contributed by atoms with van der Waals surface area (Å²) in [6.07, 6.45) is 2.64. The van der Waals surface area contributed by atoms with Crippen LogP contribution in [0.5, 0.6) is 11.5 Å². The molecule has 2 N–H and O–H groups in total. The van der Waals surface area contributed by atoms with E-state index >= 15 is 0 Å². The lowest BCUT2D eigenvalue weighted by Gasteiger charge is -2.11. The number of hydrogen-bond donors (Lipinski definition) is 1. The standard InChI is InChI=1S/C12H15Br2NO2S/c1-16-10-6-9(14)11(7-8(10)13)17-5-3-2-4-12(15)18/h6-7H,2-5H2,1H3,(H2,15,18). The van der Waals surface area contributed by atoms with Crippen molar-refractivity contribution in [1.82, 2.24) is 0 Å². The Bertz CT molecular complexity index is 427. The Kier molecular flexibility index (Phi) is 6.96. The molecule has 18 heavy (non-hydrogen) atoms. The summed E-state index contributed by atoms with van der Waals surface area (Å²) in [7, 11) is 1.63. The first-order valence-corrected chi connectivity index (χ1v) is 7.48. The molecular formula is C12H15Br2NO2S. The van der Waals surface area contributed by atoms with E-state index in [0.717, 1.165) is 39.7 Å². The lowest BCUT2D eigenvalue weighted by molar-refractivity contribution is 0.305. The molecule has 0 aliphatic heterocycles. The van der Waals surface area contributed by atoms with Crippen molar-refractivity contribution in [2.45, 2.75) is 19.3 Å². The zero-order valence-electron chi connectivity index (χ0n) is 10.0. The minimum Gasteiger partial charge on any atom is -0.496 e. The number of nitrogens with two attached hydrogens (primary N) is 1. The molecule has 0 unspecified atom stereocenters. The molecule has 0 saturated carbocycles. The number of thiocarbonyl (C=S) groups is 1. The molecule has 1 aromatic carbocycles. The van der Waals surface area contributed by atoms with Crippen molar-refractivity contribution < 1.29 is 9.47 Å². The van der Waals surface area contributed by atoms with E-state index in [4.69, 9.17) is 27.4 Å². The van der Waals surface area contributed by atoms with Crippen LogP contribution in [0.2, 0.25) is 0 Å². The second kappa shape index (κ2) is 7.96. The third-order valence-electron chi connectivity index (χ3n) is 2.28. The first-order valence-electron chi connectivity index (χ1n) is 5.48. The van der Waals surface area contributed by atoms with Crippen LogP contribution in [-0.2, 0) is 0 Å². The summed E-state index contributed by atoms with van der Waals surface area (Å²) in [6.45, 7) is 0.639. The minimum absolute atomic E-state index is 0.559. The zero-order valence-corrected chi connectivity index (χ0v) is 14.0. The first-order chi connectivity index (χ1) is 8.54. The molecule has 0 aliphatic carbocycles. The van der Waals surface area contributed by atoms with E-state index in [-0.39, 0.29) is 0 Å². The maximum Gasteiger partial charge on any atom is 0.134 e. The predicted octanol–water partition coefficient (Wildman–Crippen LogP) is 4.06. The number of rotatable bonds is 7. The highest BCUT2D eigenvalue weighted by Crippen LogP contribution is 2.36. The van der Waals surface area contributed by atoms with Gasteiger partial charge in [0.05, 0.1) is 27.7 Å². The summed E-state index contributed by atoms with van der Waals surface area (Å²) < 4.78 is 12.6. The summed E-state index contributed by atoms with van der Waals surface area (Å²) in [5, 5.41) is 0. The molecule has 0 saturated heterocycles. The second-order valence-electron chi connectivity index (χ2n) is 3.69. The molecule has 0 spiro atoms. The van der Waals surface area contributed by atoms with Crippen LogP contribution in [-0.4, -0.2) is 18.7 Å². The van der Waals surface area contributed by atoms with Gasteiger partial charge in [-0.25, -0.2) is 0 Å². The molecule has 0 aromatic heterocycles. The van der Waals surface area contributed by atoms with Crippen LogP contribution in [0, 0.1) is 0 Å². The maximum absolute atomic E-state index is 5.68. The normalized spacial score (nSPS) is 10.2. The third kappa shape index (κ3) is 5.12. The van der Waals surface area contributed by atoms with Crippen molar-refractivity contribution in [2.75, 3.05) is 13.7 Å². The minimum atomic E-state index is 0.559. The van der Waals surface area contributed by atoms with E-state index in [1.165, 1.54) is 0 Å². The number of halogens is 2. The van der Waals surface area contributed by atoms with Gasteiger partial charge in [-0.05, 0) is 63.3 Å². The van der Waals surface area contributed by atoms with Gasteiger partial charge in [-0.1, -0.05) is 12.2 Å². The van der Waals surface area contributed by atoms with Gasteiger partial charge in [-0.3, -0.25) is 0 Å². The summed E-state index contributed by atoms with van der Waals surface area (Å²) in [4.78, 5) is 0.559. The summed E-state index contributed by atoms with van der Waals surface area (Å²) in [5.74, 6) is 1.56. The van der Waals surface area contributed by atoms with E-state index in [1.54, 1.807) is 7.11 Å². The smallest absolute Gasteiger partial charge is 0.134 e. The maximum atomic E-state index is 5.68. The SMILES string of the molecule is COc1cc(Br)c(OCCCCC(N)=S)cc1Br. The Morgan fingerprint density at radius 1 is 1.22 bits per heavy atom. The molecule has 100 valence electrons. The molecule has 3 nitrogen and oxygen atoms in total. The summed E-state index contributed by atoms with van der Waals surface area (Å²) in [6, 6.07) is 3.75. The van der Waals surface area contributed by atoms with Gasteiger partial charge >= 0.3 is 0 Å². The van der Waals surface area contributed by atoms with Crippen LogP contribution < -0.4 is 15.2 Å². The quantitative estimate of drug-likeness (QED) is 0.557. The van der Waals surface area contributed by atoms with Crippen LogP contribution in [0.15, 0.2) is 21.1 Å². The molecule has 0 atom stereocenters. The summed E-state index contributed by atoms with van der Waals surface area (Å²) in [5.41, 5.74) is 5.42. The lowest BCUT2D eigenvalue weighted by atomic mass is 10.2. The van der Waals surface area contributed by atoms with E-state index in [1.807, 2.05) is 12.1 Å². The second-order valence-corrected chi connectivity index (χ2v) is 5.92. The number of unbranched alkanes of at least 4 members (excludes halogenated alkanes) is 1. The molecule has 0 radical (unpaired) electrons. The molecule has 0 heterocycles. The molecule has 0 fully saturated rings. The highest BCUT2D eigenvalue weighted by Gasteiger charge is 2.07. The van der Waals surface area contributed by atoms with Gasteiger partial charge in [-0.2, -0.15) is 0 Å². The van der Waals surface area contributed by atoms with Crippen molar-refractivity contribution in [2.24, 2.45) is 5.73 Å². The van der Waals surface area contributed by atoms with Crippen LogP contribution >= 0.6 is 44.1 Å². The average molecular weight is 397 g/mol. The van der Waals surface area contributed by atoms with Gasteiger partial charge in [0.15, 0.2) is 0 Å². The van der Waals surface area contributed by atoms with Gasteiger partial charge < -0.3 is 15.2 Å². The Hall–Kier alpha value is -0.330. The molecule has 0 amide bonds. The van der Waals surface area contributed by atoms with Crippen LogP contribution in [0.1, 0.15) is 19.3 Å². The van der Waals surface area contributed by atoms with Crippen molar-refractivity contribution in [3.63, 3.8) is 0 Å². The van der Waals surface area contributed by atoms with Crippen molar-refractivity contribution in [3.8, 4) is 11.5 Å². The molecular weight excluding hydrogens is 382 g/mol. The van der Waals surface area contributed by atoms with Gasteiger partial charge in [0.25, 0.3) is 0 Å². The van der Waals surface area contributed by atoms with Gasteiger partial charge in [-0.15, -0.1) is 0 Å². The highest BCUT2D eigenvalue weighted by molar-refractivity contribution is 9.11. The average Bonchev–Trinajstić information content (AvgIpc) is 2.32. The first kappa shape index (κ1) is 15.7. The largest absolute Gasteiger partial charge is 0.496 e. The lowest BCUT2D eigenvalue weighted by Crippen LogP contribution is -2.08. The van der Waals surface area contributed by atoms with E-state index in [2.05, 4.69) is 31.9 Å². The fourth-order valence-electron chi connectivity index (χ4n) is 1.36. The van der Waals surface area contributed by atoms with Crippen molar-refractivity contribution in [3.05, 3.63) is 21.1 Å². The summed E-state index contributed by atoms with van der Waals surface area (Å²) >= 11 is 11.7. The fourth-order valence-corrected chi connectivity index (χ4v) is 2.43. The zero-order chi connectivity index (χ0) is 13.5. The van der Waals surface area contributed by atoms with Gasteiger partial charge in [0, 0.05) is 0 Å². The Morgan fingerprint density at radius 3 is 2.44 bits per heavy atom. The number of benzene rings is 1. The van der Waals surface area contributed by atoms with Gasteiger partial charge in [0.1, 0.15) is 11.5 Å². The Morgan fingerprint density at radius 2 is 1.83 bits per heavy atom. The van der Waals surface area contributed by atoms with Crippen molar-refractivity contribution in [1.29, 1.82) is 0 Å². The molecule has 0 aliphatic rings. The van der Waals surface area contributed by atoms with E-state index in [0.29, 0.717) is 11.6 Å². The Labute approximate surface area is 129 Å². The van der Waals surface area contributed by atoms with Crippen molar-refractivity contribution >= 4 is 49.1 Å². The molecule has 1 rings (SSSR count). The van der Waals surface area contributed by atoms with Gasteiger partial charge in [0.2, 0.25) is 0 Å². The van der Waals surface area contributed by atoms with E-state index < -0.39 is 0 Å². The monoisotopic (exact) mass is 395 g/mol. The number of hydrogen-bond acceptors (Lipinski definition) is 3. The number of ether oxygens (including phenoxy) is 2. The molecule has 6 heteroatoms. The van der Waals surface area contributed by atoms with Crippen LogP contribution in [0.3, 0.4) is 0 Å². The predicted molar refractivity (Wildman–Crippen MR) is 84.5 cm³/mol. The molecule has 1 aromatic rings. The highest BCUT2D eigenvalue weighted by atomic mass is 79.9. The third-order valence-corrected chi connectivity index (χ3v) is 3.72. The molecule has 0 bridgehead atoms. The van der Waals surface area contributed by atoms with Crippen LogP contribution in [0.25, 0.3) is 0 Å². The Balaban J connectivity index is 2.47. The number of methoxy groups -OCH3 is 1.